The van der Waals surface area contributed by atoms with Gasteiger partial charge in [-0.25, -0.2) is 4.39 Å². The zero-order valence-electron chi connectivity index (χ0n) is 10.6. The monoisotopic (exact) mass is 285 g/mol. The van der Waals surface area contributed by atoms with Crippen LogP contribution in [-0.2, 0) is 5.75 Å². The molecule has 3 aromatic rings. The minimum atomic E-state index is -0.219. The van der Waals surface area contributed by atoms with Crippen LogP contribution in [0.2, 0.25) is 0 Å². The summed E-state index contributed by atoms with van der Waals surface area (Å²) in [6, 6.07) is 15.6. The van der Waals surface area contributed by atoms with Gasteiger partial charge in [0.1, 0.15) is 5.82 Å². The van der Waals surface area contributed by atoms with Crippen molar-refractivity contribution >= 4 is 22.7 Å². The van der Waals surface area contributed by atoms with Crippen LogP contribution in [-0.4, -0.2) is 4.98 Å². The zero-order valence-corrected chi connectivity index (χ0v) is 11.4. The van der Waals surface area contributed by atoms with E-state index >= 15 is 0 Å². The molecule has 100 valence electrons. The van der Waals surface area contributed by atoms with Crippen LogP contribution in [0.25, 0.3) is 10.9 Å². The van der Waals surface area contributed by atoms with Crippen LogP contribution in [0.5, 0.6) is 0 Å². The summed E-state index contributed by atoms with van der Waals surface area (Å²) < 4.78 is 13.5. The highest BCUT2D eigenvalue weighted by Gasteiger charge is 2.05. The van der Waals surface area contributed by atoms with E-state index in [0.29, 0.717) is 16.7 Å². The first-order valence-corrected chi connectivity index (χ1v) is 7.21. The third-order valence-electron chi connectivity index (χ3n) is 3.05. The number of nitrogens with one attached hydrogen (secondary N) is 1. The van der Waals surface area contributed by atoms with Gasteiger partial charge in [0, 0.05) is 17.2 Å². The number of aromatic amines is 1. The van der Waals surface area contributed by atoms with Gasteiger partial charge < -0.3 is 4.98 Å². The molecule has 0 aliphatic carbocycles. The molecular formula is C16H12FNOS. The SMILES string of the molecule is O=c1cc(SCc2ccccc2F)[nH]c2ccccc12. The molecule has 0 aliphatic heterocycles. The van der Waals surface area contributed by atoms with Gasteiger partial charge in [-0.1, -0.05) is 30.3 Å². The van der Waals surface area contributed by atoms with Gasteiger partial charge in [-0.3, -0.25) is 4.79 Å². The maximum Gasteiger partial charge on any atom is 0.190 e. The summed E-state index contributed by atoms with van der Waals surface area (Å²) >= 11 is 1.42. The highest BCUT2D eigenvalue weighted by Crippen LogP contribution is 2.22. The molecule has 0 spiro atoms. The number of hydrogen-bond donors (Lipinski definition) is 1. The Hall–Kier alpha value is -2.07. The van der Waals surface area contributed by atoms with E-state index in [1.807, 2.05) is 24.3 Å². The molecule has 0 unspecified atom stereocenters. The van der Waals surface area contributed by atoms with Crippen LogP contribution < -0.4 is 5.43 Å². The van der Waals surface area contributed by atoms with E-state index in [1.165, 1.54) is 17.8 Å². The van der Waals surface area contributed by atoms with Gasteiger partial charge in [-0.15, -0.1) is 11.8 Å². The predicted octanol–water partition coefficient (Wildman–Crippen LogP) is 3.96. The minimum absolute atomic E-state index is 0.0182. The fourth-order valence-electron chi connectivity index (χ4n) is 2.02. The summed E-state index contributed by atoms with van der Waals surface area (Å²) in [5.74, 6) is 0.268. The second-order valence-electron chi connectivity index (χ2n) is 4.42. The summed E-state index contributed by atoms with van der Waals surface area (Å²) in [4.78, 5) is 15.2. The molecule has 1 aromatic heterocycles. The molecule has 0 bridgehead atoms. The highest BCUT2D eigenvalue weighted by atomic mass is 32.2. The number of H-pyrrole nitrogens is 1. The molecule has 1 heterocycles. The summed E-state index contributed by atoms with van der Waals surface area (Å²) in [5, 5.41) is 1.42. The largest absolute Gasteiger partial charge is 0.350 e. The molecule has 20 heavy (non-hydrogen) atoms. The van der Waals surface area contributed by atoms with Gasteiger partial charge in [0.25, 0.3) is 0 Å². The first-order chi connectivity index (χ1) is 9.74. The Morgan fingerprint density at radius 3 is 2.65 bits per heavy atom. The molecule has 2 aromatic carbocycles. The number of halogens is 1. The maximum atomic E-state index is 13.5. The molecule has 0 radical (unpaired) electrons. The van der Waals surface area contributed by atoms with Crippen LogP contribution in [0.1, 0.15) is 5.56 Å². The molecular weight excluding hydrogens is 273 g/mol. The topological polar surface area (TPSA) is 32.9 Å². The summed E-state index contributed by atoms with van der Waals surface area (Å²) in [6.07, 6.45) is 0. The maximum absolute atomic E-state index is 13.5. The Labute approximate surface area is 119 Å². The van der Waals surface area contributed by atoms with Gasteiger partial charge in [0.2, 0.25) is 0 Å². The van der Waals surface area contributed by atoms with Crippen molar-refractivity contribution in [1.82, 2.24) is 4.98 Å². The van der Waals surface area contributed by atoms with E-state index in [-0.39, 0.29) is 11.2 Å². The number of pyridine rings is 1. The Morgan fingerprint density at radius 1 is 1.05 bits per heavy atom. The third-order valence-corrected chi connectivity index (χ3v) is 4.04. The van der Waals surface area contributed by atoms with Crippen LogP contribution in [0.15, 0.2) is 64.4 Å². The summed E-state index contributed by atoms with van der Waals surface area (Å²) in [6.45, 7) is 0. The average Bonchev–Trinajstić information content (AvgIpc) is 2.46. The molecule has 2 nitrogen and oxygen atoms in total. The number of rotatable bonds is 3. The lowest BCUT2D eigenvalue weighted by Gasteiger charge is -2.05. The average molecular weight is 285 g/mol. The van der Waals surface area contributed by atoms with Crippen molar-refractivity contribution < 1.29 is 4.39 Å². The Balaban J connectivity index is 1.88. The molecule has 3 rings (SSSR count). The normalized spacial score (nSPS) is 10.8. The van der Waals surface area contributed by atoms with Crippen molar-refractivity contribution in [2.24, 2.45) is 0 Å². The smallest absolute Gasteiger partial charge is 0.190 e. The second kappa shape index (κ2) is 5.51. The number of hydrogen-bond acceptors (Lipinski definition) is 2. The van der Waals surface area contributed by atoms with Crippen molar-refractivity contribution in [2.75, 3.05) is 0 Å². The van der Waals surface area contributed by atoms with Crippen molar-refractivity contribution in [3.05, 3.63) is 76.2 Å². The lowest BCUT2D eigenvalue weighted by molar-refractivity contribution is 0.617. The number of para-hydroxylation sites is 1. The fraction of sp³-hybridized carbons (Fsp3) is 0.0625. The van der Waals surface area contributed by atoms with Gasteiger partial charge in [-0.2, -0.15) is 0 Å². The molecule has 0 saturated heterocycles. The molecule has 0 saturated carbocycles. The van der Waals surface area contributed by atoms with Crippen molar-refractivity contribution in [3.8, 4) is 0 Å². The van der Waals surface area contributed by atoms with Crippen molar-refractivity contribution in [3.63, 3.8) is 0 Å². The number of fused-ring (bicyclic) bond motifs is 1. The number of thioether (sulfide) groups is 1. The van der Waals surface area contributed by atoms with E-state index in [4.69, 9.17) is 0 Å². The van der Waals surface area contributed by atoms with Crippen molar-refractivity contribution in [1.29, 1.82) is 0 Å². The molecule has 4 heteroatoms. The number of aromatic nitrogens is 1. The second-order valence-corrected chi connectivity index (χ2v) is 5.44. The first-order valence-electron chi connectivity index (χ1n) is 6.22. The molecule has 0 amide bonds. The van der Waals surface area contributed by atoms with Gasteiger partial charge in [0.05, 0.1) is 10.5 Å². The molecule has 0 fully saturated rings. The van der Waals surface area contributed by atoms with Gasteiger partial charge in [0.15, 0.2) is 5.43 Å². The van der Waals surface area contributed by atoms with Crippen LogP contribution in [0.4, 0.5) is 4.39 Å². The van der Waals surface area contributed by atoms with E-state index in [2.05, 4.69) is 4.98 Å². The first kappa shape index (κ1) is 12.9. The standard InChI is InChI=1S/C16H12FNOS/c17-13-7-3-1-5-11(13)10-20-16-9-15(19)12-6-2-4-8-14(12)18-16/h1-9H,10H2,(H,18,19). The van der Waals surface area contributed by atoms with E-state index in [0.717, 1.165) is 10.5 Å². The zero-order chi connectivity index (χ0) is 13.9. The van der Waals surface area contributed by atoms with Crippen LogP contribution in [0.3, 0.4) is 0 Å². The molecule has 0 aliphatic rings. The molecule has 0 atom stereocenters. The summed E-state index contributed by atoms with van der Waals surface area (Å²) in [7, 11) is 0. The van der Waals surface area contributed by atoms with E-state index in [9.17, 15) is 9.18 Å². The Kier molecular flexibility index (Phi) is 3.56. The molecule has 1 N–H and O–H groups in total. The number of benzene rings is 2. The van der Waals surface area contributed by atoms with E-state index in [1.54, 1.807) is 24.3 Å². The fourth-order valence-corrected chi connectivity index (χ4v) is 2.94. The van der Waals surface area contributed by atoms with Crippen LogP contribution >= 0.6 is 11.8 Å². The van der Waals surface area contributed by atoms with E-state index < -0.39 is 0 Å². The lowest BCUT2D eigenvalue weighted by Crippen LogP contribution is -2.02. The predicted molar refractivity (Wildman–Crippen MR) is 80.5 cm³/mol. The quantitative estimate of drug-likeness (QED) is 0.739. The third kappa shape index (κ3) is 2.60. The Morgan fingerprint density at radius 2 is 1.80 bits per heavy atom. The van der Waals surface area contributed by atoms with Crippen LogP contribution in [0, 0.1) is 5.82 Å². The summed E-state index contributed by atoms with van der Waals surface area (Å²) in [5.41, 5.74) is 1.41. The minimum Gasteiger partial charge on any atom is -0.350 e. The lowest BCUT2D eigenvalue weighted by atomic mass is 10.2. The van der Waals surface area contributed by atoms with Gasteiger partial charge in [-0.05, 0) is 23.8 Å². The van der Waals surface area contributed by atoms with Gasteiger partial charge >= 0.3 is 0 Å². The van der Waals surface area contributed by atoms with Crippen molar-refractivity contribution in [2.45, 2.75) is 10.8 Å². The Bertz CT molecular complexity index is 813. The highest BCUT2D eigenvalue weighted by molar-refractivity contribution is 7.98.